The molecule has 0 heterocycles. The number of carbonyl (C=O) groups is 1. The number of aryl methyl sites for hydroxylation is 1. The number of methoxy groups -OCH3 is 1. The van der Waals surface area contributed by atoms with Crippen molar-refractivity contribution in [2.75, 3.05) is 7.11 Å². The van der Waals surface area contributed by atoms with Gasteiger partial charge in [-0.1, -0.05) is 51.5 Å². The molecule has 0 unspecified atom stereocenters. The minimum atomic E-state index is -2.30. The summed E-state index contributed by atoms with van der Waals surface area (Å²) in [5.41, 5.74) is 0.870. The van der Waals surface area contributed by atoms with Crippen LogP contribution in [0.15, 0.2) is 18.2 Å². The fourth-order valence-corrected chi connectivity index (χ4v) is 3.57. The Morgan fingerprint density at radius 3 is 2.33 bits per heavy atom. The molecule has 6 heteroatoms. The number of aromatic hydroxyl groups is 1. The number of hydrogen-bond acceptors (Lipinski definition) is 5. The van der Waals surface area contributed by atoms with E-state index in [-0.39, 0.29) is 24.4 Å². The van der Waals surface area contributed by atoms with Gasteiger partial charge in [0.15, 0.2) is 11.5 Å². The van der Waals surface area contributed by atoms with E-state index in [0.29, 0.717) is 23.5 Å². The van der Waals surface area contributed by atoms with E-state index >= 15 is 0 Å². The second-order valence-electron chi connectivity index (χ2n) is 6.87. The Kier molecular flexibility index (Phi) is 11.5. The number of phenols is 1. The summed E-state index contributed by atoms with van der Waals surface area (Å²) in [6.45, 7) is 2.18. The van der Waals surface area contributed by atoms with Gasteiger partial charge in [0.05, 0.1) is 12.0 Å². The van der Waals surface area contributed by atoms with Gasteiger partial charge in [-0.3, -0.25) is 4.79 Å². The van der Waals surface area contributed by atoms with Crippen LogP contribution in [0.2, 0.25) is 0 Å². The molecule has 1 aromatic carbocycles. The Balaban J connectivity index is 2.40. The zero-order chi connectivity index (χ0) is 20.1. The van der Waals surface area contributed by atoms with Crippen LogP contribution in [-0.4, -0.2) is 31.3 Å². The van der Waals surface area contributed by atoms with E-state index in [9.17, 15) is 18.3 Å². The second-order valence-corrected chi connectivity index (χ2v) is 7.91. The van der Waals surface area contributed by atoms with Crippen LogP contribution in [-0.2, 0) is 21.5 Å². The van der Waals surface area contributed by atoms with Crippen LogP contribution in [0.3, 0.4) is 0 Å². The van der Waals surface area contributed by atoms with E-state index in [1.165, 1.54) is 38.9 Å². The maximum absolute atomic E-state index is 12.2. The third kappa shape index (κ3) is 9.61. The van der Waals surface area contributed by atoms with E-state index < -0.39 is 10.3 Å². The van der Waals surface area contributed by atoms with Crippen LogP contribution in [0.5, 0.6) is 11.5 Å². The molecule has 152 valence electrons. The number of Topliss-reactive ketones (excluding diaryl/α,β-unsaturated/α-hetero) is 1. The van der Waals surface area contributed by atoms with Crippen LogP contribution < -0.4 is 4.74 Å². The molecule has 0 saturated carbocycles. The molecule has 1 N–H and O–H groups in total. The van der Waals surface area contributed by atoms with Crippen molar-refractivity contribution in [2.45, 2.75) is 77.6 Å². The fourth-order valence-electron chi connectivity index (χ4n) is 2.98. The molecule has 0 aliphatic heterocycles. The lowest BCUT2D eigenvalue weighted by atomic mass is 10.0. The van der Waals surface area contributed by atoms with Crippen molar-refractivity contribution in [3.63, 3.8) is 0 Å². The molecule has 27 heavy (non-hydrogen) atoms. The molecule has 0 aliphatic rings. The Hall–Kier alpha value is -1.82. The van der Waals surface area contributed by atoms with Gasteiger partial charge in [-0.15, -0.1) is 0 Å². The molecule has 0 amide bonds. The topological polar surface area (TPSA) is 80.7 Å². The lowest BCUT2D eigenvalue weighted by molar-refractivity contribution is -0.117. The van der Waals surface area contributed by atoms with Crippen LogP contribution >= 0.6 is 0 Å². The zero-order valence-electron chi connectivity index (χ0n) is 16.5. The van der Waals surface area contributed by atoms with Gasteiger partial charge in [0, 0.05) is 12.8 Å². The molecule has 1 rings (SSSR count). The van der Waals surface area contributed by atoms with Crippen molar-refractivity contribution >= 4 is 20.9 Å². The summed E-state index contributed by atoms with van der Waals surface area (Å²) in [6.07, 6.45) is 9.08. The van der Waals surface area contributed by atoms with E-state index in [4.69, 9.17) is 4.74 Å². The van der Waals surface area contributed by atoms with Crippen LogP contribution in [0.4, 0.5) is 0 Å². The number of carbonyl (C=O) groups excluding carboxylic acids is 1. The van der Waals surface area contributed by atoms with Crippen LogP contribution in [0, 0.1) is 0 Å². The molecule has 0 aromatic heterocycles. The number of rotatable bonds is 14. The molecule has 0 atom stereocenters. The second kappa shape index (κ2) is 13.4. The predicted molar refractivity (Wildman–Crippen MR) is 109 cm³/mol. The summed E-state index contributed by atoms with van der Waals surface area (Å²) in [6, 6.07) is 4.96. The van der Waals surface area contributed by atoms with E-state index in [0.717, 1.165) is 24.8 Å². The quantitative estimate of drug-likeness (QED) is 0.370. The predicted octanol–water partition coefficient (Wildman–Crippen LogP) is 4.48. The molecular formula is C21H32O5S. The first-order valence-electron chi connectivity index (χ1n) is 9.79. The maximum Gasteiger partial charge on any atom is 0.213 e. The molecule has 5 nitrogen and oxygen atoms in total. The normalized spacial score (nSPS) is 10.6. The van der Waals surface area contributed by atoms with Crippen molar-refractivity contribution in [3.8, 4) is 11.5 Å². The molecule has 0 aliphatic carbocycles. The van der Waals surface area contributed by atoms with E-state index in [1.807, 2.05) is 0 Å². The fraction of sp³-hybridized carbons (Fsp3) is 0.619. The molecule has 0 bridgehead atoms. The van der Waals surface area contributed by atoms with Gasteiger partial charge in [0.25, 0.3) is 0 Å². The Morgan fingerprint density at radius 1 is 1.04 bits per heavy atom. The highest BCUT2D eigenvalue weighted by atomic mass is 32.2. The van der Waals surface area contributed by atoms with Gasteiger partial charge >= 0.3 is 0 Å². The maximum atomic E-state index is 12.2. The SMILES string of the molecule is CCCCCCCCCC(CC(=O)CCc1ccc(O)c(OC)c1)=S(=O)=O. The van der Waals surface area contributed by atoms with Crippen molar-refractivity contribution in [3.05, 3.63) is 23.8 Å². The van der Waals surface area contributed by atoms with Gasteiger partial charge in [-0.2, -0.15) is 8.42 Å². The average Bonchev–Trinajstić information content (AvgIpc) is 2.65. The molecule has 0 fully saturated rings. The molecule has 1 aromatic rings. The first-order chi connectivity index (χ1) is 13.0. The largest absolute Gasteiger partial charge is 0.504 e. The Bertz CT molecular complexity index is 714. The average molecular weight is 397 g/mol. The third-order valence-electron chi connectivity index (χ3n) is 4.63. The summed E-state index contributed by atoms with van der Waals surface area (Å²) >= 11 is 0. The van der Waals surface area contributed by atoms with Crippen LogP contribution in [0.25, 0.3) is 0 Å². The van der Waals surface area contributed by atoms with Crippen molar-refractivity contribution in [1.82, 2.24) is 0 Å². The summed E-state index contributed by atoms with van der Waals surface area (Å²) in [4.78, 5) is 12.5. The Labute approximate surface area is 164 Å². The number of ketones is 1. The minimum Gasteiger partial charge on any atom is -0.504 e. The standard InChI is InChI=1S/C21H32O5S/c1-3-4-5-6-7-8-9-10-19(27(24)25)16-18(22)13-11-17-12-14-20(23)21(15-17)26-2/h12,14-15,23H,3-11,13,16H2,1-2H3. The third-order valence-corrected chi connectivity index (χ3v) is 5.45. The van der Waals surface area contributed by atoms with E-state index in [1.54, 1.807) is 12.1 Å². The van der Waals surface area contributed by atoms with Gasteiger partial charge in [-0.25, -0.2) is 0 Å². The van der Waals surface area contributed by atoms with Gasteiger partial charge in [0.2, 0.25) is 10.3 Å². The van der Waals surface area contributed by atoms with Crippen molar-refractivity contribution in [2.24, 2.45) is 0 Å². The number of phenolic OH excluding ortho intramolecular Hbond substituents is 1. The monoisotopic (exact) mass is 396 g/mol. The highest BCUT2D eigenvalue weighted by Gasteiger charge is 2.11. The minimum absolute atomic E-state index is 0.00116. The first-order valence-corrected chi connectivity index (χ1v) is 10.9. The highest BCUT2D eigenvalue weighted by Crippen LogP contribution is 2.26. The lowest BCUT2D eigenvalue weighted by Gasteiger charge is -2.07. The van der Waals surface area contributed by atoms with E-state index in [2.05, 4.69) is 6.92 Å². The smallest absolute Gasteiger partial charge is 0.213 e. The Morgan fingerprint density at radius 2 is 1.70 bits per heavy atom. The van der Waals surface area contributed by atoms with Crippen LogP contribution in [0.1, 0.15) is 76.7 Å². The summed E-state index contributed by atoms with van der Waals surface area (Å²) in [5, 5.41) is 9.59. The lowest BCUT2D eigenvalue weighted by Crippen LogP contribution is -2.10. The van der Waals surface area contributed by atoms with Gasteiger partial charge in [-0.05, 0) is 37.0 Å². The molecule has 0 radical (unpaired) electrons. The van der Waals surface area contributed by atoms with Gasteiger partial charge in [0.1, 0.15) is 5.78 Å². The van der Waals surface area contributed by atoms with Gasteiger partial charge < -0.3 is 9.84 Å². The summed E-state index contributed by atoms with van der Waals surface area (Å²) < 4.78 is 27.9. The molecule has 0 saturated heterocycles. The first kappa shape index (κ1) is 23.2. The number of benzene rings is 1. The highest BCUT2D eigenvalue weighted by molar-refractivity contribution is 7.73. The number of unbranched alkanes of at least 4 members (excludes halogenated alkanes) is 6. The van der Waals surface area contributed by atoms with Crippen molar-refractivity contribution < 1.29 is 23.1 Å². The summed E-state index contributed by atoms with van der Waals surface area (Å²) in [7, 11) is -0.827. The number of ether oxygens (including phenoxy) is 1. The zero-order valence-corrected chi connectivity index (χ0v) is 17.3. The molecular weight excluding hydrogens is 364 g/mol. The van der Waals surface area contributed by atoms with Crippen molar-refractivity contribution in [1.29, 1.82) is 0 Å². The summed E-state index contributed by atoms with van der Waals surface area (Å²) in [5.74, 6) is 0.343. The molecule has 0 spiro atoms. The number of hydrogen-bond donors (Lipinski definition) is 1.